The standard InChI is InChI=1S/C12H11N3O3/c16-12-7-9(8-5-6-8)13-14(12)10-3-1-2-4-11(10)15(17)18/h1-4,8H,5-7H2. The molecule has 1 amide bonds. The van der Waals surface area contributed by atoms with E-state index < -0.39 is 4.92 Å². The number of rotatable bonds is 3. The Labute approximate surface area is 103 Å². The molecule has 0 saturated heterocycles. The van der Waals surface area contributed by atoms with Crippen LogP contribution in [-0.2, 0) is 4.79 Å². The van der Waals surface area contributed by atoms with Crippen molar-refractivity contribution < 1.29 is 9.72 Å². The number of nitro groups is 1. The first-order valence-electron chi connectivity index (χ1n) is 5.80. The minimum absolute atomic E-state index is 0.0911. The van der Waals surface area contributed by atoms with E-state index in [9.17, 15) is 14.9 Å². The van der Waals surface area contributed by atoms with Gasteiger partial charge in [0.15, 0.2) is 0 Å². The van der Waals surface area contributed by atoms with Gasteiger partial charge in [0.2, 0.25) is 0 Å². The van der Waals surface area contributed by atoms with Crippen LogP contribution in [0.2, 0.25) is 0 Å². The van der Waals surface area contributed by atoms with Crippen molar-refractivity contribution in [1.29, 1.82) is 0 Å². The van der Waals surface area contributed by atoms with E-state index in [4.69, 9.17) is 0 Å². The van der Waals surface area contributed by atoms with Gasteiger partial charge in [-0.1, -0.05) is 12.1 Å². The average Bonchev–Trinajstić information content (AvgIpc) is 3.13. The Morgan fingerprint density at radius 3 is 2.72 bits per heavy atom. The van der Waals surface area contributed by atoms with Gasteiger partial charge in [0.1, 0.15) is 5.69 Å². The molecule has 1 fully saturated rings. The second-order valence-corrected chi connectivity index (χ2v) is 4.49. The van der Waals surface area contributed by atoms with Crippen molar-refractivity contribution in [3.05, 3.63) is 34.4 Å². The quantitative estimate of drug-likeness (QED) is 0.604. The Morgan fingerprint density at radius 2 is 2.06 bits per heavy atom. The van der Waals surface area contributed by atoms with Gasteiger partial charge in [-0.15, -0.1) is 0 Å². The van der Waals surface area contributed by atoms with Crippen LogP contribution in [0.5, 0.6) is 0 Å². The molecule has 0 atom stereocenters. The predicted molar refractivity (Wildman–Crippen MR) is 65.4 cm³/mol. The van der Waals surface area contributed by atoms with Crippen molar-refractivity contribution in [3.63, 3.8) is 0 Å². The third-order valence-corrected chi connectivity index (χ3v) is 3.15. The van der Waals surface area contributed by atoms with Crippen molar-refractivity contribution in [2.75, 3.05) is 5.01 Å². The van der Waals surface area contributed by atoms with Gasteiger partial charge >= 0.3 is 0 Å². The number of anilines is 1. The summed E-state index contributed by atoms with van der Waals surface area (Å²) in [5, 5.41) is 16.3. The van der Waals surface area contributed by atoms with E-state index in [-0.39, 0.29) is 23.7 Å². The topological polar surface area (TPSA) is 75.8 Å². The van der Waals surface area contributed by atoms with E-state index in [1.807, 2.05) is 0 Å². The van der Waals surface area contributed by atoms with Crippen LogP contribution in [0.3, 0.4) is 0 Å². The summed E-state index contributed by atoms with van der Waals surface area (Å²) in [6.45, 7) is 0. The van der Waals surface area contributed by atoms with Crippen LogP contribution in [0, 0.1) is 16.0 Å². The van der Waals surface area contributed by atoms with E-state index >= 15 is 0 Å². The molecular weight excluding hydrogens is 234 g/mol. The molecule has 0 radical (unpaired) electrons. The molecule has 2 aliphatic rings. The normalized spacial score (nSPS) is 19.0. The van der Waals surface area contributed by atoms with E-state index in [1.54, 1.807) is 18.2 Å². The number of para-hydroxylation sites is 2. The highest BCUT2D eigenvalue weighted by Gasteiger charge is 2.37. The second kappa shape index (κ2) is 3.90. The summed E-state index contributed by atoms with van der Waals surface area (Å²) >= 11 is 0. The fourth-order valence-corrected chi connectivity index (χ4v) is 2.08. The molecule has 18 heavy (non-hydrogen) atoms. The highest BCUT2D eigenvalue weighted by Crippen LogP contribution is 2.37. The number of nitro benzene ring substituents is 1. The lowest BCUT2D eigenvalue weighted by molar-refractivity contribution is -0.384. The highest BCUT2D eigenvalue weighted by molar-refractivity contribution is 6.14. The van der Waals surface area contributed by atoms with Crippen LogP contribution >= 0.6 is 0 Å². The first-order chi connectivity index (χ1) is 8.66. The summed E-state index contributed by atoms with van der Waals surface area (Å²) < 4.78 is 0. The van der Waals surface area contributed by atoms with Crippen LogP contribution < -0.4 is 5.01 Å². The van der Waals surface area contributed by atoms with Crippen LogP contribution in [-0.4, -0.2) is 16.5 Å². The van der Waals surface area contributed by atoms with Gasteiger partial charge < -0.3 is 0 Å². The molecule has 3 rings (SSSR count). The molecule has 1 aliphatic heterocycles. The van der Waals surface area contributed by atoms with Gasteiger partial charge in [0.25, 0.3) is 11.6 Å². The molecule has 0 aromatic heterocycles. The smallest absolute Gasteiger partial charge is 0.272 e. The number of hydrazone groups is 1. The summed E-state index contributed by atoms with van der Waals surface area (Å²) in [6, 6.07) is 6.18. The molecule has 1 aromatic carbocycles. The Balaban J connectivity index is 1.99. The molecule has 6 heteroatoms. The van der Waals surface area contributed by atoms with Crippen LogP contribution in [0.25, 0.3) is 0 Å². The van der Waals surface area contributed by atoms with Gasteiger partial charge in [-0.05, 0) is 24.8 Å². The first-order valence-corrected chi connectivity index (χ1v) is 5.80. The summed E-state index contributed by atoms with van der Waals surface area (Å²) in [5.74, 6) is 0.216. The monoisotopic (exact) mass is 245 g/mol. The molecular formula is C12H11N3O3. The molecule has 1 aliphatic carbocycles. The number of carbonyl (C=O) groups is 1. The van der Waals surface area contributed by atoms with Crippen LogP contribution in [0.15, 0.2) is 29.4 Å². The predicted octanol–water partition coefficient (Wildman–Crippen LogP) is 2.10. The third kappa shape index (κ3) is 1.75. The lowest BCUT2D eigenvalue weighted by atomic mass is 10.2. The van der Waals surface area contributed by atoms with Crippen molar-refractivity contribution in [2.24, 2.45) is 11.0 Å². The van der Waals surface area contributed by atoms with E-state index in [2.05, 4.69) is 5.10 Å². The minimum atomic E-state index is -0.493. The minimum Gasteiger partial charge on any atom is -0.272 e. The van der Waals surface area contributed by atoms with Crippen LogP contribution in [0.1, 0.15) is 19.3 Å². The van der Waals surface area contributed by atoms with Crippen LogP contribution in [0.4, 0.5) is 11.4 Å². The zero-order valence-corrected chi connectivity index (χ0v) is 9.57. The number of carbonyl (C=O) groups excluding carboxylic acids is 1. The van der Waals surface area contributed by atoms with Crippen molar-refractivity contribution in [2.45, 2.75) is 19.3 Å². The molecule has 0 N–H and O–H groups in total. The zero-order valence-electron chi connectivity index (χ0n) is 9.57. The largest absolute Gasteiger partial charge is 0.295 e. The maximum atomic E-state index is 11.9. The van der Waals surface area contributed by atoms with E-state index in [0.717, 1.165) is 18.6 Å². The molecule has 1 aromatic rings. The molecule has 6 nitrogen and oxygen atoms in total. The van der Waals surface area contributed by atoms with Gasteiger partial charge in [0.05, 0.1) is 17.1 Å². The molecule has 1 saturated carbocycles. The zero-order chi connectivity index (χ0) is 12.7. The van der Waals surface area contributed by atoms with Gasteiger partial charge in [-0.2, -0.15) is 10.1 Å². The maximum Gasteiger partial charge on any atom is 0.295 e. The lowest BCUT2D eigenvalue weighted by Gasteiger charge is -2.11. The number of nitrogens with zero attached hydrogens (tertiary/aromatic N) is 3. The van der Waals surface area contributed by atoms with E-state index in [1.165, 1.54) is 11.1 Å². The Bertz CT molecular complexity index is 563. The number of hydrogen-bond donors (Lipinski definition) is 0. The maximum absolute atomic E-state index is 11.9. The second-order valence-electron chi connectivity index (χ2n) is 4.49. The fourth-order valence-electron chi connectivity index (χ4n) is 2.08. The first kappa shape index (κ1) is 10.9. The Morgan fingerprint density at radius 1 is 1.33 bits per heavy atom. The SMILES string of the molecule is O=C1CC(C2CC2)=NN1c1ccccc1[N+](=O)[O-]. The highest BCUT2D eigenvalue weighted by atomic mass is 16.6. The molecule has 1 heterocycles. The molecule has 0 bridgehead atoms. The summed E-state index contributed by atoms with van der Waals surface area (Å²) in [4.78, 5) is 22.3. The number of hydrogen-bond acceptors (Lipinski definition) is 4. The van der Waals surface area contributed by atoms with Crippen molar-refractivity contribution in [1.82, 2.24) is 0 Å². The third-order valence-electron chi connectivity index (χ3n) is 3.15. The van der Waals surface area contributed by atoms with Gasteiger partial charge in [-0.25, -0.2) is 0 Å². The molecule has 92 valence electrons. The summed E-state index contributed by atoms with van der Waals surface area (Å²) in [7, 11) is 0. The number of amides is 1. The van der Waals surface area contributed by atoms with E-state index in [0.29, 0.717) is 5.92 Å². The number of benzene rings is 1. The summed E-state index contributed by atoms with van der Waals surface area (Å²) in [6.07, 6.45) is 2.42. The Hall–Kier alpha value is -2.24. The van der Waals surface area contributed by atoms with Crippen molar-refractivity contribution in [3.8, 4) is 0 Å². The van der Waals surface area contributed by atoms with Gasteiger partial charge in [0, 0.05) is 6.07 Å². The fraction of sp³-hybridized carbons (Fsp3) is 0.333. The lowest BCUT2D eigenvalue weighted by Crippen LogP contribution is -2.20. The molecule has 0 spiro atoms. The van der Waals surface area contributed by atoms with Crippen molar-refractivity contribution >= 4 is 23.0 Å². The summed E-state index contributed by atoms with van der Waals surface area (Å²) in [5.41, 5.74) is 1.02. The van der Waals surface area contributed by atoms with Gasteiger partial charge in [-0.3, -0.25) is 14.9 Å². The Kier molecular flexibility index (Phi) is 2.36. The molecule has 0 unspecified atom stereocenters. The average molecular weight is 245 g/mol.